The van der Waals surface area contributed by atoms with Crippen LogP contribution in [-0.4, -0.2) is 29.7 Å². The number of rotatable bonds is 4. The Kier molecular flexibility index (Phi) is 4.08. The average molecular weight is 392 g/mol. The van der Waals surface area contributed by atoms with Crippen molar-refractivity contribution in [1.29, 1.82) is 0 Å². The molecule has 0 aliphatic carbocycles. The van der Waals surface area contributed by atoms with Gasteiger partial charge in [-0.1, -0.05) is 17.7 Å². The number of sulfone groups is 1. The zero-order chi connectivity index (χ0) is 18.3. The van der Waals surface area contributed by atoms with Crippen molar-refractivity contribution in [3.8, 4) is 17.3 Å². The van der Waals surface area contributed by atoms with E-state index in [9.17, 15) is 8.42 Å². The van der Waals surface area contributed by atoms with Crippen molar-refractivity contribution in [2.24, 2.45) is 0 Å². The normalized spacial score (nSPS) is 13.2. The highest BCUT2D eigenvalue weighted by molar-refractivity contribution is 7.90. The van der Waals surface area contributed by atoms with Crippen molar-refractivity contribution in [3.05, 3.63) is 59.1 Å². The number of hydrogen-bond acceptors (Lipinski definition) is 6. The summed E-state index contributed by atoms with van der Waals surface area (Å²) < 4.78 is 37.8. The summed E-state index contributed by atoms with van der Waals surface area (Å²) in [7, 11) is -3.69. The number of aryl methyl sites for hydroxylation is 1. The first-order chi connectivity index (χ1) is 12.4. The van der Waals surface area contributed by atoms with Crippen molar-refractivity contribution in [3.63, 3.8) is 0 Å². The van der Waals surface area contributed by atoms with E-state index < -0.39 is 9.84 Å². The largest absolute Gasteiger partial charge is 0.454 e. The molecule has 1 aliphatic heterocycles. The summed E-state index contributed by atoms with van der Waals surface area (Å²) in [5.41, 5.74) is 1.47. The van der Waals surface area contributed by atoms with Gasteiger partial charge in [-0.15, -0.1) is 0 Å². The van der Waals surface area contributed by atoms with E-state index in [1.807, 2.05) is 6.92 Å². The van der Waals surface area contributed by atoms with E-state index in [1.165, 1.54) is 17.1 Å². The Hall–Kier alpha value is -2.58. The SMILES string of the molecule is Cc1cnc(-n2cncc2S(=O)(=O)Cc2ccc3c(c2)OCO3)c(Cl)c1. The molecule has 0 N–H and O–H groups in total. The van der Waals surface area contributed by atoms with Gasteiger partial charge in [0.05, 0.1) is 17.0 Å². The Morgan fingerprint density at radius 1 is 1.19 bits per heavy atom. The fourth-order valence-electron chi connectivity index (χ4n) is 2.70. The summed E-state index contributed by atoms with van der Waals surface area (Å²) >= 11 is 6.23. The lowest BCUT2D eigenvalue weighted by Gasteiger charge is -2.10. The second-order valence-electron chi connectivity index (χ2n) is 5.87. The molecule has 3 aromatic rings. The van der Waals surface area contributed by atoms with Gasteiger partial charge < -0.3 is 9.47 Å². The Bertz CT molecular complexity index is 1100. The lowest BCUT2D eigenvalue weighted by Crippen LogP contribution is -2.11. The monoisotopic (exact) mass is 391 g/mol. The first-order valence-corrected chi connectivity index (χ1v) is 9.73. The van der Waals surface area contributed by atoms with Crippen LogP contribution in [0.2, 0.25) is 5.02 Å². The van der Waals surface area contributed by atoms with E-state index in [4.69, 9.17) is 21.1 Å². The van der Waals surface area contributed by atoms with Gasteiger partial charge in [-0.25, -0.2) is 18.4 Å². The molecule has 9 heteroatoms. The number of benzene rings is 1. The highest BCUT2D eigenvalue weighted by Gasteiger charge is 2.24. The summed E-state index contributed by atoms with van der Waals surface area (Å²) in [5.74, 6) is 1.25. The summed E-state index contributed by atoms with van der Waals surface area (Å²) in [6.07, 6.45) is 4.30. The van der Waals surface area contributed by atoms with Gasteiger partial charge in [-0.2, -0.15) is 0 Å². The van der Waals surface area contributed by atoms with Crippen LogP contribution in [0.3, 0.4) is 0 Å². The van der Waals surface area contributed by atoms with Gasteiger partial charge >= 0.3 is 0 Å². The molecule has 0 atom stereocenters. The molecule has 1 aliphatic rings. The van der Waals surface area contributed by atoms with Crippen LogP contribution in [-0.2, 0) is 15.6 Å². The fourth-order valence-corrected chi connectivity index (χ4v) is 4.43. The molecule has 26 heavy (non-hydrogen) atoms. The first kappa shape index (κ1) is 16.9. The van der Waals surface area contributed by atoms with Crippen LogP contribution in [0.25, 0.3) is 5.82 Å². The second-order valence-corrected chi connectivity index (χ2v) is 8.21. The van der Waals surface area contributed by atoms with Crippen LogP contribution in [0, 0.1) is 6.92 Å². The molecule has 0 saturated heterocycles. The number of imidazole rings is 1. The molecule has 3 heterocycles. The molecule has 134 valence electrons. The third-order valence-electron chi connectivity index (χ3n) is 3.90. The molecule has 0 bridgehead atoms. The number of nitrogens with zero attached hydrogens (tertiary/aromatic N) is 3. The average Bonchev–Trinajstić information content (AvgIpc) is 3.23. The van der Waals surface area contributed by atoms with Gasteiger partial charge in [0, 0.05) is 6.20 Å². The molecule has 0 saturated carbocycles. The van der Waals surface area contributed by atoms with Gasteiger partial charge in [0.1, 0.15) is 6.33 Å². The third-order valence-corrected chi connectivity index (χ3v) is 5.83. The maximum Gasteiger partial charge on any atom is 0.231 e. The number of fused-ring (bicyclic) bond motifs is 1. The zero-order valence-corrected chi connectivity index (χ0v) is 15.3. The minimum atomic E-state index is -3.69. The fraction of sp³-hybridized carbons (Fsp3) is 0.176. The van der Waals surface area contributed by atoms with E-state index in [-0.39, 0.29) is 17.6 Å². The van der Waals surface area contributed by atoms with Gasteiger partial charge in [0.2, 0.25) is 6.79 Å². The molecule has 0 radical (unpaired) electrons. The van der Waals surface area contributed by atoms with Crippen molar-refractivity contribution in [1.82, 2.24) is 14.5 Å². The Balaban J connectivity index is 1.70. The quantitative estimate of drug-likeness (QED) is 0.680. The second kappa shape index (κ2) is 6.30. The van der Waals surface area contributed by atoms with Crippen LogP contribution in [0.5, 0.6) is 11.5 Å². The van der Waals surface area contributed by atoms with Crippen LogP contribution < -0.4 is 9.47 Å². The molecule has 0 spiro atoms. The third kappa shape index (κ3) is 3.02. The molecular formula is C17H14ClN3O4S. The van der Waals surface area contributed by atoms with E-state index >= 15 is 0 Å². The van der Waals surface area contributed by atoms with E-state index in [1.54, 1.807) is 30.5 Å². The lowest BCUT2D eigenvalue weighted by molar-refractivity contribution is 0.174. The molecule has 2 aromatic heterocycles. The molecule has 4 rings (SSSR count). The summed E-state index contributed by atoms with van der Waals surface area (Å²) in [4.78, 5) is 8.21. The highest BCUT2D eigenvalue weighted by atomic mass is 35.5. The molecule has 0 unspecified atom stereocenters. The molecule has 1 aromatic carbocycles. The summed E-state index contributed by atoms with van der Waals surface area (Å²) in [6.45, 7) is 1.99. The number of aromatic nitrogens is 3. The van der Waals surface area contributed by atoms with Crippen LogP contribution in [0.4, 0.5) is 0 Å². The maximum absolute atomic E-state index is 12.9. The van der Waals surface area contributed by atoms with Gasteiger partial charge in [-0.05, 0) is 36.2 Å². The van der Waals surface area contributed by atoms with Crippen molar-refractivity contribution in [2.45, 2.75) is 17.7 Å². The molecular weight excluding hydrogens is 378 g/mol. The predicted octanol–water partition coefficient (Wildman–Crippen LogP) is 2.93. The van der Waals surface area contributed by atoms with Crippen molar-refractivity contribution >= 4 is 21.4 Å². The number of pyridine rings is 1. The van der Waals surface area contributed by atoms with Gasteiger partial charge in [0.25, 0.3) is 0 Å². The minimum absolute atomic E-state index is 0.0217. The van der Waals surface area contributed by atoms with E-state index in [0.29, 0.717) is 27.9 Å². The van der Waals surface area contributed by atoms with E-state index in [2.05, 4.69) is 9.97 Å². The standard InChI is InChI=1S/C17H14ClN3O4S/c1-11-4-13(18)17(20-6-11)21-9-19-7-16(21)26(22,23)8-12-2-3-14-15(5-12)25-10-24-14/h2-7,9H,8,10H2,1H3. The topological polar surface area (TPSA) is 83.3 Å². The van der Waals surface area contributed by atoms with Crippen LogP contribution in [0.1, 0.15) is 11.1 Å². The molecule has 7 nitrogen and oxygen atoms in total. The summed E-state index contributed by atoms with van der Waals surface area (Å²) in [6, 6.07) is 6.78. The van der Waals surface area contributed by atoms with Gasteiger partial charge in [0.15, 0.2) is 32.2 Å². The number of halogens is 1. The number of ether oxygens (including phenoxy) is 2. The van der Waals surface area contributed by atoms with E-state index in [0.717, 1.165) is 5.56 Å². The Labute approximate surface area is 155 Å². The van der Waals surface area contributed by atoms with Crippen LogP contribution in [0.15, 0.2) is 48.0 Å². The zero-order valence-electron chi connectivity index (χ0n) is 13.7. The molecule has 0 fully saturated rings. The van der Waals surface area contributed by atoms with Gasteiger partial charge in [-0.3, -0.25) is 4.57 Å². The highest BCUT2D eigenvalue weighted by Crippen LogP contribution is 2.33. The maximum atomic E-state index is 12.9. The Morgan fingerprint density at radius 2 is 2.00 bits per heavy atom. The number of hydrogen-bond donors (Lipinski definition) is 0. The Morgan fingerprint density at radius 3 is 2.81 bits per heavy atom. The van der Waals surface area contributed by atoms with Crippen LogP contribution >= 0.6 is 11.6 Å². The van der Waals surface area contributed by atoms with Crippen molar-refractivity contribution < 1.29 is 17.9 Å². The smallest absolute Gasteiger partial charge is 0.231 e. The molecule has 0 amide bonds. The minimum Gasteiger partial charge on any atom is -0.454 e. The predicted molar refractivity (Wildman–Crippen MR) is 94.6 cm³/mol. The first-order valence-electron chi connectivity index (χ1n) is 7.70. The summed E-state index contributed by atoms with van der Waals surface area (Å²) in [5, 5.41) is 0.371. The van der Waals surface area contributed by atoms with Crippen molar-refractivity contribution in [2.75, 3.05) is 6.79 Å². The lowest BCUT2D eigenvalue weighted by atomic mass is 10.2.